The molecule has 2 aromatic rings. The Hall–Kier alpha value is -2.16. The van der Waals surface area contributed by atoms with Crippen molar-refractivity contribution in [3.05, 3.63) is 53.6 Å². The molecule has 1 unspecified atom stereocenters. The molecule has 144 valence electrons. The van der Waals surface area contributed by atoms with Crippen LogP contribution in [0.3, 0.4) is 0 Å². The highest BCUT2D eigenvalue weighted by Gasteiger charge is 2.20. The molecule has 3 rings (SSSR count). The van der Waals surface area contributed by atoms with Gasteiger partial charge in [0.15, 0.2) is 0 Å². The first-order valence-corrected chi connectivity index (χ1v) is 11.0. The van der Waals surface area contributed by atoms with Crippen LogP contribution in [0.4, 0.5) is 5.69 Å². The van der Waals surface area contributed by atoms with Crippen LogP contribution in [-0.4, -0.2) is 9.19 Å². The van der Waals surface area contributed by atoms with E-state index in [4.69, 9.17) is 16.6 Å². The lowest BCUT2D eigenvalue weighted by atomic mass is 9.90. The minimum Gasteiger partial charge on any atom is -0.405 e. The summed E-state index contributed by atoms with van der Waals surface area (Å²) in [4.78, 5) is 6.18. The van der Waals surface area contributed by atoms with Crippen LogP contribution in [0.5, 0.6) is 0 Å². The van der Waals surface area contributed by atoms with Crippen LogP contribution < -0.4 is 21.9 Å². The Morgan fingerprint density at radius 2 is 2.07 bits per heavy atom. The van der Waals surface area contributed by atoms with E-state index in [1.807, 2.05) is 18.3 Å². The van der Waals surface area contributed by atoms with Crippen LogP contribution >= 0.6 is 11.3 Å². The van der Waals surface area contributed by atoms with E-state index in [1.165, 1.54) is 43.3 Å². The van der Waals surface area contributed by atoms with E-state index in [0.717, 1.165) is 10.4 Å². The van der Waals surface area contributed by atoms with Gasteiger partial charge in [-0.05, 0) is 43.3 Å². The Kier molecular flexibility index (Phi) is 6.65. The Morgan fingerprint density at radius 1 is 1.30 bits per heavy atom. The Balaban J connectivity index is 1.87. The number of hydrogen-bond donors (Lipinski definition) is 4. The molecule has 1 fully saturated rings. The molecular formula is C19H25N5OS2. The average Bonchev–Trinajstić information content (AvgIpc) is 3.17. The first-order valence-electron chi connectivity index (χ1n) is 8.96. The number of nitrogens with zero attached hydrogens (tertiary/aromatic N) is 1. The second kappa shape index (κ2) is 9.16. The van der Waals surface area contributed by atoms with Gasteiger partial charge >= 0.3 is 0 Å². The minimum absolute atomic E-state index is 0.426. The molecule has 0 amide bonds. The van der Waals surface area contributed by atoms with E-state index in [1.54, 1.807) is 29.6 Å². The lowest BCUT2D eigenvalue weighted by Gasteiger charge is -2.18. The fourth-order valence-electron chi connectivity index (χ4n) is 3.29. The van der Waals surface area contributed by atoms with Crippen molar-refractivity contribution in [1.29, 1.82) is 0 Å². The number of benzene rings is 1. The molecule has 27 heavy (non-hydrogen) atoms. The summed E-state index contributed by atoms with van der Waals surface area (Å²) in [5, 5.41) is 9.94. The highest BCUT2D eigenvalue weighted by atomic mass is 32.2. The van der Waals surface area contributed by atoms with Gasteiger partial charge in [0.1, 0.15) is 16.8 Å². The zero-order valence-corrected chi connectivity index (χ0v) is 16.7. The third-order valence-corrected chi connectivity index (χ3v) is 6.58. The summed E-state index contributed by atoms with van der Waals surface area (Å²) in [5.74, 6) is 0.973. The molecule has 0 saturated heterocycles. The van der Waals surface area contributed by atoms with Gasteiger partial charge in [0.05, 0.1) is 14.8 Å². The van der Waals surface area contributed by atoms with E-state index in [-0.39, 0.29) is 0 Å². The number of thiazole rings is 1. The number of anilines is 1. The second-order valence-electron chi connectivity index (χ2n) is 6.54. The highest BCUT2D eigenvalue weighted by molar-refractivity contribution is 7.82. The molecule has 1 atom stereocenters. The largest absolute Gasteiger partial charge is 0.405 e. The predicted octanol–water partition coefficient (Wildman–Crippen LogP) is 3.52. The summed E-state index contributed by atoms with van der Waals surface area (Å²) >= 11 is 1.67. The van der Waals surface area contributed by atoms with Crippen molar-refractivity contribution in [1.82, 2.24) is 4.98 Å². The van der Waals surface area contributed by atoms with Crippen LogP contribution in [0.15, 0.2) is 53.5 Å². The van der Waals surface area contributed by atoms with Crippen molar-refractivity contribution < 1.29 is 4.21 Å². The Labute approximate surface area is 166 Å². The molecule has 1 aliphatic carbocycles. The monoisotopic (exact) mass is 403 g/mol. The van der Waals surface area contributed by atoms with Gasteiger partial charge in [-0.1, -0.05) is 25.3 Å². The summed E-state index contributed by atoms with van der Waals surface area (Å²) in [6.07, 6.45) is 12.8. The minimum atomic E-state index is -1.62. The standard InChI is InChI=1S/C19H25N5OS2/c20-10-4-7-18(21)24-14-8-9-15(17(11-14)27(22)25)16-12-23-19(26-16)13-5-2-1-3-6-13/h4,7-13,24H,1-3,5-6,20-22H2/b10-4-,18-7+. The summed E-state index contributed by atoms with van der Waals surface area (Å²) in [7, 11) is -1.62. The number of hydrogen-bond acceptors (Lipinski definition) is 6. The zero-order chi connectivity index (χ0) is 19.2. The van der Waals surface area contributed by atoms with Crippen LogP contribution in [0.25, 0.3) is 10.4 Å². The fourth-order valence-corrected chi connectivity index (χ4v) is 5.12. The smallest absolute Gasteiger partial charge is 0.122 e. The van der Waals surface area contributed by atoms with Gasteiger partial charge in [0.25, 0.3) is 0 Å². The number of rotatable bonds is 6. The fraction of sp³-hybridized carbons (Fsp3) is 0.316. The van der Waals surface area contributed by atoms with E-state index in [0.29, 0.717) is 22.3 Å². The molecule has 1 aliphatic rings. The number of nitrogens with two attached hydrogens (primary N) is 3. The van der Waals surface area contributed by atoms with Crippen LogP contribution in [0, 0.1) is 0 Å². The average molecular weight is 404 g/mol. The molecule has 0 radical (unpaired) electrons. The van der Waals surface area contributed by atoms with Gasteiger partial charge in [0, 0.05) is 23.4 Å². The third-order valence-electron chi connectivity index (χ3n) is 4.62. The first-order chi connectivity index (χ1) is 13.1. The van der Waals surface area contributed by atoms with Crippen molar-refractivity contribution >= 4 is 28.0 Å². The quantitative estimate of drug-likeness (QED) is 0.550. The number of allylic oxidation sites excluding steroid dienone is 2. The van der Waals surface area contributed by atoms with Crippen molar-refractivity contribution in [2.45, 2.75) is 42.9 Å². The van der Waals surface area contributed by atoms with Crippen molar-refractivity contribution in [2.75, 3.05) is 5.32 Å². The molecule has 1 aromatic carbocycles. The van der Waals surface area contributed by atoms with Gasteiger partial charge in [-0.25, -0.2) is 14.3 Å². The van der Waals surface area contributed by atoms with Crippen LogP contribution in [0.1, 0.15) is 43.0 Å². The molecular weight excluding hydrogens is 378 g/mol. The molecule has 8 heteroatoms. The first kappa shape index (κ1) is 19.6. The normalized spacial score (nSPS) is 17.3. The van der Waals surface area contributed by atoms with E-state index < -0.39 is 11.0 Å². The topological polar surface area (TPSA) is 120 Å². The molecule has 7 N–H and O–H groups in total. The van der Waals surface area contributed by atoms with Crippen molar-refractivity contribution in [2.24, 2.45) is 16.6 Å². The molecule has 0 aliphatic heterocycles. The van der Waals surface area contributed by atoms with Crippen LogP contribution in [0.2, 0.25) is 0 Å². The van der Waals surface area contributed by atoms with E-state index >= 15 is 0 Å². The summed E-state index contributed by atoms with van der Waals surface area (Å²) in [6, 6.07) is 5.56. The van der Waals surface area contributed by atoms with E-state index in [9.17, 15) is 4.21 Å². The third kappa shape index (κ3) is 4.97. The van der Waals surface area contributed by atoms with Gasteiger partial charge in [0.2, 0.25) is 0 Å². The number of aromatic nitrogens is 1. The van der Waals surface area contributed by atoms with Crippen LogP contribution in [-0.2, 0) is 11.0 Å². The molecule has 0 bridgehead atoms. The maximum atomic E-state index is 12.1. The Morgan fingerprint density at radius 3 is 2.78 bits per heavy atom. The van der Waals surface area contributed by atoms with Gasteiger partial charge in [-0.2, -0.15) is 0 Å². The SMILES string of the molecule is N/C=C\C=C(/N)Nc1ccc(-c2cnc(C3CCCCC3)s2)c(S(N)=O)c1. The molecule has 0 spiro atoms. The predicted molar refractivity (Wildman–Crippen MR) is 113 cm³/mol. The van der Waals surface area contributed by atoms with Crippen molar-refractivity contribution in [3.63, 3.8) is 0 Å². The lowest BCUT2D eigenvalue weighted by Crippen LogP contribution is -2.10. The maximum absolute atomic E-state index is 12.1. The van der Waals surface area contributed by atoms with Gasteiger partial charge in [-0.3, -0.25) is 0 Å². The molecule has 6 nitrogen and oxygen atoms in total. The highest BCUT2D eigenvalue weighted by Crippen LogP contribution is 2.39. The molecule has 1 heterocycles. The number of nitrogens with one attached hydrogen (secondary N) is 1. The second-order valence-corrected chi connectivity index (χ2v) is 8.63. The maximum Gasteiger partial charge on any atom is 0.122 e. The van der Waals surface area contributed by atoms with Gasteiger partial charge < -0.3 is 16.8 Å². The van der Waals surface area contributed by atoms with E-state index in [2.05, 4.69) is 10.3 Å². The summed E-state index contributed by atoms with van der Waals surface area (Å²) in [6.45, 7) is 0. The summed E-state index contributed by atoms with van der Waals surface area (Å²) in [5.41, 5.74) is 12.7. The summed E-state index contributed by atoms with van der Waals surface area (Å²) < 4.78 is 12.1. The van der Waals surface area contributed by atoms with Crippen molar-refractivity contribution in [3.8, 4) is 10.4 Å². The zero-order valence-electron chi connectivity index (χ0n) is 15.1. The Bertz CT molecular complexity index is 869. The lowest BCUT2D eigenvalue weighted by molar-refractivity contribution is 0.442. The molecule has 1 aromatic heterocycles. The molecule has 1 saturated carbocycles. The van der Waals surface area contributed by atoms with Gasteiger partial charge in [-0.15, -0.1) is 11.3 Å².